The van der Waals surface area contributed by atoms with Crippen LogP contribution in [0.5, 0.6) is 0 Å². The van der Waals surface area contributed by atoms with Gasteiger partial charge in [-0.15, -0.1) is 0 Å². The summed E-state index contributed by atoms with van der Waals surface area (Å²) >= 11 is 12.1. The Hall–Kier alpha value is -2.50. The largest absolute Gasteiger partial charge is 0.384 e. The number of amides is 1. The summed E-state index contributed by atoms with van der Waals surface area (Å²) in [6.45, 7) is 9.95. The number of rotatable bonds is 7. The van der Waals surface area contributed by atoms with Gasteiger partial charge in [0.15, 0.2) is 0 Å². The van der Waals surface area contributed by atoms with Gasteiger partial charge in [-0.05, 0) is 48.2 Å². The minimum absolute atomic E-state index is 0.0406. The van der Waals surface area contributed by atoms with Crippen LogP contribution in [0.25, 0.3) is 16.9 Å². The van der Waals surface area contributed by atoms with E-state index in [9.17, 15) is 4.79 Å². The number of benzene rings is 2. The first kappa shape index (κ1) is 23.2. The highest BCUT2D eigenvalue weighted by molar-refractivity contribution is 6.42. The molecule has 0 radical (unpaired) electrons. The van der Waals surface area contributed by atoms with Gasteiger partial charge in [-0.2, -0.15) is 5.10 Å². The van der Waals surface area contributed by atoms with Crippen LogP contribution in [0.1, 0.15) is 38.1 Å². The number of aromatic nitrogens is 2. The van der Waals surface area contributed by atoms with E-state index in [1.165, 1.54) is 0 Å². The fourth-order valence-corrected chi connectivity index (χ4v) is 3.75. The molecule has 0 aliphatic carbocycles. The minimum atomic E-state index is 0.0406. The molecule has 5 nitrogen and oxygen atoms in total. The molecule has 0 aliphatic rings. The van der Waals surface area contributed by atoms with E-state index in [4.69, 9.17) is 28.9 Å². The number of halogens is 2. The van der Waals surface area contributed by atoms with Crippen molar-refractivity contribution < 1.29 is 4.79 Å². The van der Waals surface area contributed by atoms with Gasteiger partial charge in [-0.3, -0.25) is 4.79 Å². The highest BCUT2D eigenvalue weighted by Crippen LogP contribution is 2.29. The predicted octanol–water partition coefficient (Wildman–Crippen LogP) is 6.18. The maximum Gasteiger partial charge on any atom is 0.253 e. The molecule has 2 aromatic carbocycles. The van der Waals surface area contributed by atoms with Crippen LogP contribution in [-0.2, 0) is 0 Å². The molecule has 0 spiro atoms. The molecule has 2 N–H and O–H groups in total. The predicted molar refractivity (Wildman–Crippen MR) is 129 cm³/mol. The molecule has 0 bridgehead atoms. The quantitative estimate of drug-likeness (QED) is 0.459. The first-order chi connectivity index (χ1) is 14.7. The molecular formula is C24H28Cl2N4O. The molecule has 1 aromatic heterocycles. The maximum atomic E-state index is 13.0. The topological polar surface area (TPSA) is 64.2 Å². The van der Waals surface area contributed by atoms with E-state index in [1.54, 1.807) is 22.9 Å². The number of carbonyl (C=O) groups excluding carboxylic acids is 1. The summed E-state index contributed by atoms with van der Waals surface area (Å²) in [7, 11) is 0. The van der Waals surface area contributed by atoms with Crippen LogP contribution in [0, 0.1) is 11.8 Å². The van der Waals surface area contributed by atoms with E-state index >= 15 is 0 Å². The van der Waals surface area contributed by atoms with Crippen molar-refractivity contribution in [2.24, 2.45) is 11.8 Å². The van der Waals surface area contributed by atoms with Crippen molar-refractivity contribution in [3.8, 4) is 16.9 Å². The van der Waals surface area contributed by atoms with E-state index in [2.05, 4.69) is 32.8 Å². The van der Waals surface area contributed by atoms with Crippen molar-refractivity contribution in [2.45, 2.75) is 27.7 Å². The Balaban J connectivity index is 1.85. The lowest BCUT2D eigenvalue weighted by atomic mass is 10.1. The standard InChI is InChI=1S/C24H28Cl2N4O/c1-15(2)13-29(14-16(3)4)24(31)17-5-8-19(9-6-17)30-23(27)12-22(28-30)18-7-10-20(25)21(26)11-18/h5-12,15-16H,13-14,27H2,1-4H3. The van der Waals surface area contributed by atoms with E-state index in [-0.39, 0.29) is 5.91 Å². The van der Waals surface area contributed by atoms with Crippen molar-refractivity contribution in [3.05, 3.63) is 64.1 Å². The summed E-state index contributed by atoms with van der Waals surface area (Å²) in [6.07, 6.45) is 0. The molecule has 1 heterocycles. The SMILES string of the molecule is CC(C)CN(CC(C)C)C(=O)c1ccc(-n2nc(-c3ccc(Cl)c(Cl)c3)cc2N)cc1. The molecule has 0 atom stereocenters. The monoisotopic (exact) mass is 458 g/mol. The fraction of sp³-hybridized carbons (Fsp3) is 0.333. The summed E-state index contributed by atoms with van der Waals surface area (Å²) in [5, 5.41) is 5.55. The molecule has 164 valence electrons. The summed E-state index contributed by atoms with van der Waals surface area (Å²) in [5.74, 6) is 1.34. The lowest BCUT2D eigenvalue weighted by Crippen LogP contribution is -2.37. The second-order valence-electron chi connectivity index (χ2n) is 8.54. The summed E-state index contributed by atoms with van der Waals surface area (Å²) in [6, 6.07) is 14.5. The zero-order chi connectivity index (χ0) is 22.7. The third-order valence-corrected chi connectivity index (χ3v) is 5.51. The van der Waals surface area contributed by atoms with Gasteiger partial charge in [0.1, 0.15) is 5.82 Å². The van der Waals surface area contributed by atoms with Gasteiger partial charge in [0, 0.05) is 30.3 Å². The number of nitrogen functional groups attached to an aromatic ring is 1. The zero-order valence-corrected chi connectivity index (χ0v) is 19.8. The Kier molecular flexibility index (Phi) is 7.29. The van der Waals surface area contributed by atoms with Gasteiger partial charge in [0.25, 0.3) is 5.91 Å². The van der Waals surface area contributed by atoms with E-state index in [0.717, 1.165) is 24.3 Å². The average molecular weight is 459 g/mol. The molecule has 31 heavy (non-hydrogen) atoms. The van der Waals surface area contributed by atoms with Crippen LogP contribution in [0.15, 0.2) is 48.5 Å². The molecule has 7 heteroatoms. The van der Waals surface area contributed by atoms with Gasteiger partial charge in [-0.25, -0.2) is 4.68 Å². The molecule has 3 rings (SSSR count). The normalized spacial score (nSPS) is 11.4. The lowest BCUT2D eigenvalue weighted by Gasteiger charge is -2.26. The Morgan fingerprint density at radius 3 is 2.13 bits per heavy atom. The van der Waals surface area contributed by atoms with E-state index in [1.807, 2.05) is 35.2 Å². The number of carbonyl (C=O) groups is 1. The van der Waals surface area contributed by atoms with Gasteiger partial charge in [0.2, 0.25) is 0 Å². The third-order valence-electron chi connectivity index (χ3n) is 4.77. The Bertz CT molecular complexity index is 1050. The van der Waals surface area contributed by atoms with Gasteiger partial charge >= 0.3 is 0 Å². The molecular weight excluding hydrogens is 431 g/mol. The highest BCUT2D eigenvalue weighted by atomic mass is 35.5. The van der Waals surface area contributed by atoms with Crippen molar-refractivity contribution >= 4 is 34.9 Å². The van der Waals surface area contributed by atoms with Crippen LogP contribution in [0.3, 0.4) is 0 Å². The zero-order valence-electron chi connectivity index (χ0n) is 18.3. The van der Waals surface area contributed by atoms with E-state index in [0.29, 0.717) is 39.0 Å². The van der Waals surface area contributed by atoms with Crippen LogP contribution in [-0.4, -0.2) is 33.7 Å². The maximum absolute atomic E-state index is 13.0. The number of nitrogens with two attached hydrogens (primary N) is 1. The first-order valence-electron chi connectivity index (χ1n) is 10.4. The number of hydrogen-bond donors (Lipinski definition) is 1. The second kappa shape index (κ2) is 9.75. The Labute approximate surface area is 193 Å². The molecule has 0 saturated carbocycles. The molecule has 3 aromatic rings. The van der Waals surface area contributed by atoms with Gasteiger partial charge in [0.05, 0.1) is 21.4 Å². The smallest absolute Gasteiger partial charge is 0.253 e. The highest BCUT2D eigenvalue weighted by Gasteiger charge is 2.18. The second-order valence-corrected chi connectivity index (χ2v) is 9.35. The van der Waals surface area contributed by atoms with Crippen molar-refractivity contribution in [1.82, 2.24) is 14.7 Å². The van der Waals surface area contributed by atoms with Crippen LogP contribution >= 0.6 is 23.2 Å². The van der Waals surface area contributed by atoms with Crippen LogP contribution < -0.4 is 5.73 Å². The third kappa shape index (κ3) is 5.60. The minimum Gasteiger partial charge on any atom is -0.384 e. The number of anilines is 1. The molecule has 0 fully saturated rings. The van der Waals surface area contributed by atoms with Crippen molar-refractivity contribution in [3.63, 3.8) is 0 Å². The Morgan fingerprint density at radius 2 is 1.58 bits per heavy atom. The summed E-state index contributed by atoms with van der Waals surface area (Å²) in [5.41, 5.74) is 9.15. The van der Waals surface area contributed by atoms with Crippen LogP contribution in [0.2, 0.25) is 10.0 Å². The first-order valence-corrected chi connectivity index (χ1v) is 11.1. The van der Waals surface area contributed by atoms with Gasteiger partial charge in [-0.1, -0.05) is 57.0 Å². The average Bonchev–Trinajstić information content (AvgIpc) is 3.10. The van der Waals surface area contributed by atoms with Crippen LogP contribution in [0.4, 0.5) is 5.82 Å². The van der Waals surface area contributed by atoms with Crippen molar-refractivity contribution in [2.75, 3.05) is 18.8 Å². The number of nitrogens with zero attached hydrogens (tertiary/aromatic N) is 3. The van der Waals surface area contributed by atoms with Crippen molar-refractivity contribution in [1.29, 1.82) is 0 Å². The molecule has 0 saturated heterocycles. The molecule has 1 amide bonds. The summed E-state index contributed by atoms with van der Waals surface area (Å²) < 4.78 is 1.64. The summed E-state index contributed by atoms with van der Waals surface area (Å²) in [4.78, 5) is 15.0. The van der Waals surface area contributed by atoms with Gasteiger partial charge < -0.3 is 10.6 Å². The number of hydrogen-bond acceptors (Lipinski definition) is 3. The molecule has 0 aliphatic heterocycles. The Morgan fingerprint density at radius 1 is 0.968 bits per heavy atom. The molecule has 0 unspecified atom stereocenters. The lowest BCUT2D eigenvalue weighted by molar-refractivity contribution is 0.0715. The van der Waals surface area contributed by atoms with E-state index < -0.39 is 0 Å². The fourth-order valence-electron chi connectivity index (χ4n) is 3.45.